The summed E-state index contributed by atoms with van der Waals surface area (Å²) in [7, 11) is 0. The molecule has 1 fully saturated rings. The molecule has 0 amide bonds. The second-order valence-corrected chi connectivity index (χ2v) is 3.98. The largest absolute Gasteiger partial charge is 0.393 e. The van der Waals surface area contributed by atoms with Crippen LogP contribution in [0.25, 0.3) is 0 Å². The van der Waals surface area contributed by atoms with Crippen LogP contribution in [-0.4, -0.2) is 11.2 Å². The quantitative estimate of drug-likeness (QED) is 0.612. The maximum atomic E-state index is 9.49. The summed E-state index contributed by atoms with van der Waals surface area (Å²) >= 11 is 0. The van der Waals surface area contributed by atoms with E-state index in [2.05, 4.69) is 24.3 Å². The molecule has 3 rings (SSSR count). The molecule has 1 saturated carbocycles. The summed E-state index contributed by atoms with van der Waals surface area (Å²) in [4.78, 5) is 0. The molecule has 1 heteroatoms. The number of fused-ring (bicyclic) bond motifs is 3. The molecule has 0 heterocycles. The minimum atomic E-state index is -0.0256. The Bertz CT molecular complexity index is 319. The van der Waals surface area contributed by atoms with Gasteiger partial charge in [0.25, 0.3) is 0 Å². The maximum absolute atomic E-state index is 9.49. The second-order valence-electron chi connectivity index (χ2n) is 3.98. The molecular weight excluding hydrogens is 148 g/mol. The van der Waals surface area contributed by atoms with E-state index >= 15 is 0 Å². The second kappa shape index (κ2) is 2.11. The Hall–Kier alpha value is -0.820. The van der Waals surface area contributed by atoms with Crippen molar-refractivity contribution in [2.24, 2.45) is 5.92 Å². The van der Waals surface area contributed by atoms with E-state index in [0.717, 1.165) is 12.8 Å². The molecule has 0 radical (unpaired) electrons. The standard InChI is InChI=1S/C11H12O/c12-11-6-9-8-4-2-1-3-7(8)5-10(9)11/h1-4,9-12H,5-6H2. The van der Waals surface area contributed by atoms with Crippen LogP contribution in [0.15, 0.2) is 24.3 Å². The third-order valence-corrected chi connectivity index (χ3v) is 3.42. The first-order valence-electron chi connectivity index (χ1n) is 4.62. The fourth-order valence-electron chi connectivity index (χ4n) is 2.65. The predicted molar refractivity (Wildman–Crippen MR) is 47.0 cm³/mol. The summed E-state index contributed by atoms with van der Waals surface area (Å²) in [6, 6.07) is 8.61. The Labute approximate surface area is 72.0 Å². The summed E-state index contributed by atoms with van der Waals surface area (Å²) in [6.45, 7) is 0. The van der Waals surface area contributed by atoms with E-state index in [-0.39, 0.29) is 6.10 Å². The molecule has 0 spiro atoms. The van der Waals surface area contributed by atoms with Gasteiger partial charge in [0.05, 0.1) is 6.10 Å². The highest BCUT2D eigenvalue weighted by atomic mass is 16.3. The molecule has 1 aromatic rings. The van der Waals surface area contributed by atoms with Crippen LogP contribution in [-0.2, 0) is 6.42 Å². The van der Waals surface area contributed by atoms with E-state index in [9.17, 15) is 5.11 Å². The summed E-state index contributed by atoms with van der Waals surface area (Å²) in [5.41, 5.74) is 2.96. The third-order valence-electron chi connectivity index (χ3n) is 3.42. The number of hydrogen-bond donors (Lipinski definition) is 1. The van der Waals surface area contributed by atoms with Crippen LogP contribution in [0.3, 0.4) is 0 Å². The Kier molecular flexibility index (Phi) is 1.17. The van der Waals surface area contributed by atoms with Gasteiger partial charge in [0, 0.05) is 0 Å². The highest BCUT2D eigenvalue weighted by Crippen LogP contribution is 2.50. The van der Waals surface area contributed by atoms with E-state index in [0.29, 0.717) is 11.8 Å². The van der Waals surface area contributed by atoms with Crippen LogP contribution in [0.4, 0.5) is 0 Å². The molecule has 12 heavy (non-hydrogen) atoms. The van der Waals surface area contributed by atoms with E-state index in [1.165, 1.54) is 11.1 Å². The first-order chi connectivity index (χ1) is 5.86. The van der Waals surface area contributed by atoms with Gasteiger partial charge in [-0.25, -0.2) is 0 Å². The van der Waals surface area contributed by atoms with Gasteiger partial charge in [-0.15, -0.1) is 0 Å². The molecule has 62 valence electrons. The van der Waals surface area contributed by atoms with E-state index in [1.54, 1.807) is 0 Å². The first-order valence-corrected chi connectivity index (χ1v) is 4.62. The summed E-state index contributed by atoms with van der Waals surface area (Å²) in [5.74, 6) is 1.22. The predicted octanol–water partition coefficient (Wildman–Crippen LogP) is 1.71. The summed E-state index contributed by atoms with van der Waals surface area (Å²) < 4.78 is 0. The van der Waals surface area contributed by atoms with Gasteiger partial charge in [-0.2, -0.15) is 0 Å². The van der Waals surface area contributed by atoms with E-state index in [4.69, 9.17) is 0 Å². The minimum absolute atomic E-state index is 0.0256. The van der Waals surface area contributed by atoms with Gasteiger partial charge in [0.15, 0.2) is 0 Å². The molecule has 0 bridgehead atoms. The lowest BCUT2D eigenvalue weighted by molar-refractivity contribution is 0.0110. The van der Waals surface area contributed by atoms with Crippen LogP contribution in [0.2, 0.25) is 0 Å². The normalized spacial score (nSPS) is 36.9. The Morgan fingerprint density at radius 3 is 2.92 bits per heavy atom. The van der Waals surface area contributed by atoms with Crippen LogP contribution >= 0.6 is 0 Å². The highest BCUT2D eigenvalue weighted by molar-refractivity contribution is 5.39. The van der Waals surface area contributed by atoms with Crippen LogP contribution in [0.1, 0.15) is 23.5 Å². The molecule has 3 atom stereocenters. The SMILES string of the molecule is OC1CC2c3ccccc3CC12. The molecule has 0 aliphatic heterocycles. The number of benzene rings is 1. The van der Waals surface area contributed by atoms with Crippen molar-refractivity contribution in [1.29, 1.82) is 0 Å². The fraction of sp³-hybridized carbons (Fsp3) is 0.455. The van der Waals surface area contributed by atoms with Crippen molar-refractivity contribution in [3.05, 3.63) is 35.4 Å². The van der Waals surface area contributed by atoms with Gasteiger partial charge < -0.3 is 5.11 Å². The van der Waals surface area contributed by atoms with Gasteiger partial charge in [-0.05, 0) is 35.8 Å². The minimum Gasteiger partial charge on any atom is -0.393 e. The molecule has 1 aromatic carbocycles. The van der Waals surface area contributed by atoms with Crippen molar-refractivity contribution in [2.45, 2.75) is 24.9 Å². The van der Waals surface area contributed by atoms with Crippen molar-refractivity contribution >= 4 is 0 Å². The highest BCUT2D eigenvalue weighted by Gasteiger charge is 2.45. The van der Waals surface area contributed by atoms with Crippen molar-refractivity contribution < 1.29 is 5.11 Å². The van der Waals surface area contributed by atoms with Crippen molar-refractivity contribution in [3.63, 3.8) is 0 Å². The van der Waals surface area contributed by atoms with Crippen molar-refractivity contribution in [1.82, 2.24) is 0 Å². The lowest BCUT2D eigenvalue weighted by Gasteiger charge is -2.36. The van der Waals surface area contributed by atoms with Gasteiger partial charge in [0.2, 0.25) is 0 Å². The van der Waals surface area contributed by atoms with Crippen LogP contribution in [0.5, 0.6) is 0 Å². The third kappa shape index (κ3) is 0.674. The van der Waals surface area contributed by atoms with E-state index in [1.807, 2.05) is 0 Å². The van der Waals surface area contributed by atoms with E-state index < -0.39 is 0 Å². The molecule has 3 unspecified atom stereocenters. The van der Waals surface area contributed by atoms with Crippen LogP contribution in [0, 0.1) is 5.92 Å². The van der Waals surface area contributed by atoms with Gasteiger partial charge in [-0.3, -0.25) is 0 Å². The topological polar surface area (TPSA) is 20.2 Å². The molecule has 2 aliphatic carbocycles. The molecule has 2 aliphatic rings. The van der Waals surface area contributed by atoms with Crippen LogP contribution < -0.4 is 0 Å². The monoisotopic (exact) mass is 160 g/mol. The Morgan fingerprint density at radius 2 is 2.08 bits per heavy atom. The zero-order valence-electron chi connectivity index (χ0n) is 6.90. The smallest absolute Gasteiger partial charge is 0.0583 e. The summed E-state index contributed by atoms with van der Waals surface area (Å²) in [6.07, 6.45) is 2.06. The van der Waals surface area contributed by atoms with Crippen molar-refractivity contribution in [3.8, 4) is 0 Å². The van der Waals surface area contributed by atoms with Crippen molar-refractivity contribution in [2.75, 3.05) is 0 Å². The average molecular weight is 160 g/mol. The number of aliphatic hydroxyl groups is 1. The Morgan fingerprint density at radius 1 is 1.25 bits per heavy atom. The lowest BCUT2D eigenvalue weighted by Crippen LogP contribution is -2.36. The molecule has 0 saturated heterocycles. The van der Waals surface area contributed by atoms with Gasteiger partial charge >= 0.3 is 0 Å². The summed E-state index contributed by atoms with van der Waals surface area (Å²) in [5, 5.41) is 9.49. The molecule has 1 nitrogen and oxygen atoms in total. The Balaban J connectivity index is 2.05. The fourth-order valence-corrected chi connectivity index (χ4v) is 2.65. The molecule has 0 aromatic heterocycles. The number of hydrogen-bond acceptors (Lipinski definition) is 1. The van der Waals surface area contributed by atoms with Gasteiger partial charge in [-0.1, -0.05) is 24.3 Å². The van der Waals surface area contributed by atoms with Gasteiger partial charge in [0.1, 0.15) is 0 Å². The molecule has 1 N–H and O–H groups in total. The zero-order valence-corrected chi connectivity index (χ0v) is 6.90. The average Bonchev–Trinajstić information content (AvgIpc) is 2.39. The molecular formula is C11H12O. The zero-order chi connectivity index (χ0) is 8.13. The maximum Gasteiger partial charge on any atom is 0.0583 e. The lowest BCUT2D eigenvalue weighted by atomic mass is 9.72. The number of rotatable bonds is 0. The number of aliphatic hydroxyl groups excluding tert-OH is 1. The first kappa shape index (κ1) is 6.67.